The van der Waals surface area contributed by atoms with Crippen LogP contribution >= 0.6 is 0 Å². The van der Waals surface area contributed by atoms with Gasteiger partial charge in [-0.1, -0.05) is 63.4 Å². The van der Waals surface area contributed by atoms with Gasteiger partial charge in [-0.25, -0.2) is 0 Å². The van der Waals surface area contributed by atoms with E-state index in [1.54, 1.807) is 0 Å². The van der Waals surface area contributed by atoms with Crippen molar-refractivity contribution in [1.29, 1.82) is 0 Å². The van der Waals surface area contributed by atoms with E-state index in [1.807, 2.05) is 13.8 Å². The van der Waals surface area contributed by atoms with E-state index in [9.17, 15) is 0 Å². The molecule has 0 spiro atoms. The molecule has 0 atom stereocenters. The Bertz CT molecular complexity index is 255. The first-order valence-electron chi connectivity index (χ1n) is 6.72. The van der Waals surface area contributed by atoms with Gasteiger partial charge in [0.05, 0.1) is 0 Å². The SMILES string of the molecule is CC.[CH3-].[W].c1ccc(CNC2CCCCC2)cc1. The van der Waals surface area contributed by atoms with Crippen molar-refractivity contribution in [3.8, 4) is 0 Å². The second-order valence-electron chi connectivity index (χ2n) is 4.20. The summed E-state index contributed by atoms with van der Waals surface area (Å²) in [5.74, 6) is 0. The Hall–Kier alpha value is -0.132. The van der Waals surface area contributed by atoms with Gasteiger partial charge in [-0.3, -0.25) is 0 Å². The fourth-order valence-corrected chi connectivity index (χ4v) is 2.16. The third kappa shape index (κ3) is 8.06. The molecule has 1 N–H and O–H groups in total. The molecule has 1 aliphatic rings. The van der Waals surface area contributed by atoms with Crippen molar-refractivity contribution in [3.05, 3.63) is 43.3 Å². The summed E-state index contributed by atoms with van der Waals surface area (Å²) in [6.45, 7) is 5.03. The van der Waals surface area contributed by atoms with Gasteiger partial charge in [-0.15, -0.1) is 0 Å². The molecule has 0 aromatic heterocycles. The molecule has 0 radical (unpaired) electrons. The minimum Gasteiger partial charge on any atom is -0.358 e. The van der Waals surface area contributed by atoms with Gasteiger partial charge in [0.1, 0.15) is 0 Å². The monoisotopic (exact) mass is 418 g/mol. The van der Waals surface area contributed by atoms with E-state index in [2.05, 4.69) is 35.6 Å². The first-order chi connectivity index (χ1) is 7.95. The number of hydrogen-bond acceptors (Lipinski definition) is 1. The van der Waals surface area contributed by atoms with Crippen LogP contribution in [0.3, 0.4) is 0 Å². The van der Waals surface area contributed by atoms with Crippen molar-refractivity contribution >= 4 is 0 Å². The summed E-state index contributed by atoms with van der Waals surface area (Å²) >= 11 is 0. The van der Waals surface area contributed by atoms with Gasteiger partial charge in [0, 0.05) is 33.7 Å². The average Bonchev–Trinajstić information content (AvgIpc) is 2.41. The second kappa shape index (κ2) is 13.3. The Labute approximate surface area is 128 Å². The van der Waals surface area contributed by atoms with E-state index < -0.39 is 0 Å². The molecule has 0 unspecified atom stereocenters. The zero-order valence-electron chi connectivity index (χ0n) is 12.1. The van der Waals surface area contributed by atoms with Crippen LogP contribution in [0.25, 0.3) is 0 Å². The molecule has 1 aromatic rings. The topological polar surface area (TPSA) is 12.0 Å². The first-order valence-corrected chi connectivity index (χ1v) is 6.72. The smallest absolute Gasteiger partial charge is 0.0208 e. The summed E-state index contributed by atoms with van der Waals surface area (Å²) in [5.41, 5.74) is 1.40. The maximum Gasteiger partial charge on any atom is 0.0208 e. The van der Waals surface area contributed by atoms with Crippen molar-refractivity contribution in [1.82, 2.24) is 5.32 Å². The number of hydrogen-bond donors (Lipinski definition) is 1. The van der Waals surface area contributed by atoms with Crippen molar-refractivity contribution < 1.29 is 21.1 Å². The van der Waals surface area contributed by atoms with E-state index >= 15 is 0 Å². The Morgan fingerprint density at radius 1 is 1.00 bits per heavy atom. The minimum absolute atomic E-state index is 0. The first kappa shape index (κ1) is 20.2. The van der Waals surface area contributed by atoms with Crippen LogP contribution in [0.4, 0.5) is 0 Å². The van der Waals surface area contributed by atoms with Crippen molar-refractivity contribution in [2.75, 3.05) is 0 Å². The van der Waals surface area contributed by atoms with E-state index in [1.165, 1.54) is 37.7 Å². The predicted octanol–water partition coefficient (Wildman–Crippen LogP) is 4.58. The fourth-order valence-electron chi connectivity index (χ4n) is 2.16. The van der Waals surface area contributed by atoms with Gasteiger partial charge < -0.3 is 12.7 Å². The van der Waals surface area contributed by atoms with E-state index in [-0.39, 0.29) is 28.5 Å². The minimum atomic E-state index is 0. The number of rotatable bonds is 3. The molecule has 2 rings (SSSR count). The molecule has 104 valence electrons. The van der Waals surface area contributed by atoms with Crippen molar-refractivity contribution in [3.63, 3.8) is 0 Å². The summed E-state index contributed by atoms with van der Waals surface area (Å²) in [5, 5.41) is 3.64. The zero-order chi connectivity index (χ0) is 11.6. The van der Waals surface area contributed by atoms with E-state index in [0.29, 0.717) is 0 Å². The van der Waals surface area contributed by atoms with Crippen LogP contribution in [0.5, 0.6) is 0 Å². The Kier molecular flexibility index (Phi) is 14.9. The van der Waals surface area contributed by atoms with Crippen molar-refractivity contribution in [2.24, 2.45) is 0 Å². The van der Waals surface area contributed by atoms with Gasteiger partial charge in [0.25, 0.3) is 0 Å². The largest absolute Gasteiger partial charge is 0.358 e. The van der Waals surface area contributed by atoms with Gasteiger partial charge in [-0.05, 0) is 18.4 Å². The molecule has 1 aromatic carbocycles. The normalized spacial score (nSPS) is 14.6. The van der Waals surface area contributed by atoms with Crippen LogP contribution in [0.2, 0.25) is 0 Å². The molecule has 2 heteroatoms. The van der Waals surface area contributed by atoms with Crippen LogP contribution in [0.1, 0.15) is 51.5 Å². The van der Waals surface area contributed by atoms with E-state index in [0.717, 1.165) is 12.6 Å². The molecule has 1 fully saturated rings. The molecule has 0 heterocycles. The molecule has 0 amide bonds. The maximum absolute atomic E-state index is 3.64. The molecule has 0 bridgehead atoms. The Morgan fingerprint density at radius 2 is 1.56 bits per heavy atom. The summed E-state index contributed by atoms with van der Waals surface area (Å²) in [7, 11) is 0. The van der Waals surface area contributed by atoms with Crippen molar-refractivity contribution in [2.45, 2.75) is 58.5 Å². The van der Waals surface area contributed by atoms with Gasteiger partial charge in [0.15, 0.2) is 0 Å². The third-order valence-electron chi connectivity index (χ3n) is 3.04. The second-order valence-corrected chi connectivity index (χ2v) is 4.20. The molecule has 18 heavy (non-hydrogen) atoms. The van der Waals surface area contributed by atoms with Gasteiger partial charge >= 0.3 is 0 Å². The third-order valence-corrected chi connectivity index (χ3v) is 3.04. The number of benzene rings is 1. The molecular weight excluding hydrogens is 390 g/mol. The van der Waals surface area contributed by atoms with Gasteiger partial charge in [0.2, 0.25) is 0 Å². The Balaban J connectivity index is 0. The average molecular weight is 418 g/mol. The fraction of sp³-hybridized carbons (Fsp3) is 0.562. The predicted molar refractivity (Wildman–Crippen MR) is 77.9 cm³/mol. The maximum atomic E-state index is 3.64. The van der Waals surface area contributed by atoms with Crippen LogP contribution in [-0.4, -0.2) is 6.04 Å². The van der Waals surface area contributed by atoms with E-state index in [4.69, 9.17) is 0 Å². The molecule has 1 saturated carbocycles. The molecule has 1 nitrogen and oxygen atoms in total. The summed E-state index contributed by atoms with van der Waals surface area (Å²) in [6.07, 6.45) is 6.99. The molecule has 0 aliphatic heterocycles. The number of nitrogens with one attached hydrogen (secondary N) is 1. The standard InChI is InChI=1S/C13H19N.C2H6.CH3.W/c1-3-7-12(8-4-1)11-14-13-9-5-2-6-10-13;1-2;;/h1,3-4,7-8,13-14H,2,5-6,9-11H2;1-2H3;1H3;/q;;-1;. The summed E-state index contributed by atoms with van der Waals surface area (Å²) < 4.78 is 0. The molecule has 1 aliphatic carbocycles. The van der Waals surface area contributed by atoms with Crippen LogP contribution in [0.15, 0.2) is 30.3 Å². The molecular formula is C16H28NW-. The summed E-state index contributed by atoms with van der Waals surface area (Å²) in [4.78, 5) is 0. The Morgan fingerprint density at radius 3 is 2.11 bits per heavy atom. The van der Waals surface area contributed by atoms with Crippen LogP contribution in [0, 0.1) is 7.43 Å². The summed E-state index contributed by atoms with van der Waals surface area (Å²) in [6, 6.07) is 11.4. The zero-order valence-corrected chi connectivity index (χ0v) is 15.0. The van der Waals surface area contributed by atoms with Crippen LogP contribution < -0.4 is 5.32 Å². The van der Waals surface area contributed by atoms with Gasteiger partial charge in [-0.2, -0.15) is 0 Å². The quantitative estimate of drug-likeness (QED) is 0.709. The molecule has 0 saturated heterocycles. The van der Waals surface area contributed by atoms with Crippen LogP contribution in [-0.2, 0) is 27.6 Å².